The minimum absolute atomic E-state index is 0.648. The number of rotatable bonds is 6. The van der Waals surface area contributed by atoms with Gasteiger partial charge in [0.1, 0.15) is 6.26 Å². The minimum atomic E-state index is 0.648. The van der Waals surface area contributed by atoms with Gasteiger partial charge in [-0.25, -0.2) is 4.98 Å². The maximum Gasteiger partial charge on any atom is 0.226 e. The fourth-order valence-electron chi connectivity index (χ4n) is 2.57. The molecular formula is C21H23ClN4O. The molecule has 0 unspecified atom stereocenters. The van der Waals surface area contributed by atoms with E-state index >= 15 is 0 Å². The van der Waals surface area contributed by atoms with Gasteiger partial charge in [0.25, 0.3) is 0 Å². The van der Waals surface area contributed by atoms with E-state index in [-0.39, 0.29) is 0 Å². The average Bonchev–Trinajstić information content (AvgIpc) is 3.15. The van der Waals surface area contributed by atoms with Crippen LogP contribution in [0.3, 0.4) is 0 Å². The highest BCUT2D eigenvalue weighted by Crippen LogP contribution is 2.19. The van der Waals surface area contributed by atoms with Crippen LogP contribution in [0.5, 0.6) is 0 Å². The summed E-state index contributed by atoms with van der Waals surface area (Å²) in [6.45, 7) is 3.45. The Hall–Kier alpha value is -2.79. The molecule has 140 valence electrons. The van der Waals surface area contributed by atoms with Gasteiger partial charge in [0.2, 0.25) is 5.89 Å². The number of oxazole rings is 1. The second-order valence-corrected chi connectivity index (χ2v) is 6.68. The summed E-state index contributed by atoms with van der Waals surface area (Å²) >= 11 is 5.91. The summed E-state index contributed by atoms with van der Waals surface area (Å²) in [5.74, 6) is 1.39. The molecule has 1 heterocycles. The maximum absolute atomic E-state index is 5.91. The summed E-state index contributed by atoms with van der Waals surface area (Å²) in [7, 11) is 1.75. The fourth-order valence-corrected chi connectivity index (χ4v) is 2.69. The lowest BCUT2D eigenvalue weighted by Crippen LogP contribution is -2.37. The zero-order valence-corrected chi connectivity index (χ0v) is 16.3. The van der Waals surface area contributed by atoms with E-state index in [2.05, 4.69) is 39.7 Å². The number of hydrogen-bond acceptors (Lipinski definition) is 3. The Morgan fingerprint density at radius 3 is 2.52 bits per heavy atom. The monoisotopic (exact) mass is 382 g/mol. The maximum atomic E-state index is 5.91. The number of benzene rings is 2. The largest absolute Gasteiger partial charge is 0.444 e. The van der Waals surface area contributed by atoms with Gasteiger partial charge >= 0.3 is 0 Å². The molecule has 0 fully saturated rings. The normalized spacial score (nSPS) is 11.4. The highest BCUT2D eigenvalue weighted by Gasteiger charge is 2.07. The molecule has 2 N–H and O–H groups in total. The van der Waals surface area contributed by atoms with E-state index in [1.165, 1.54) is 5.56 Å². The van der Waals surface area contributed by atoms with Gasteiger partial charge in [0.15, 0.2) is 5.96 Å². The van der Waals surface area contributed by atoms with E-state index in [0.717, 1.165) is 34.2 Å². The zero-order chi connectivity index (χ0) is 19.1. The Bertz CT molecular complexity index is 885. The molecule has 5 nitrogen and oxygen atoms in total. The number of guanidine groups is 1. The van der Waals surface area contributed by atoms with Crippen LogP contribution >= 0.6 is 11.6 Å². The molecule has 0 aliphatic carbocycles. The summed E-state index contributed by atoms with van der Waals surface area (Å²) in [5.41, 5.74) is 4.25. The first kappa shape index (κ1) is 19.0. The highest BCUT2D eigenvalue weighted by atomic mass is 35.5. The number of aryl methyl sites for hydroxylation is 1. The Labute approximate surface area is 164 Å². The smallest absolute Gasteiger partial charge is 0.226 e. The molecule has 0 bridgehead atoms. The molecule has 6 heteroatoms. The SMILES string of the molecule is CN=C(NCCc1coc(-c2ccc(C)cc2)n1)NCc1ccc(Cl)cc1. The summed E-state index contributed by atoms with van der Waals surface area (Å²) in [5, 5.41) is 7.30. The van der Waals surface area contributed by atoms with E-state index in [4.69, 9.17) is 16.0 Å². The van der Waals surface area contributed by atoms with Gasteiger partial charge < -0.3 is 15.1 Å². The molecule has 27 heavy (non-hydrogen) atoms. The Balaban J connectivity index is 1.47. The van der Waals surface area contributed by atoms with Gasteiger partial charge in [-0.1, -0.05) is 41.4 Å². The molecule has 0 amide bonds. The van der Waals surface area contributed by atoms with Crippen LogP contribution < -0.4 is 10.6 Å². The predicted octanol–water partition coefficient (Wildman–Crippen LogP) is 4.21. The second kappa shape index (κ2) is 9.24. The van der Waals surface area contributed by atoms with Crippen LogP contribution in [0.2, 0.25) is 5.02 Å². The van der Waals surface area contributed by atoms with Crippen LogP contribution in [-0.4, -0.2) is 24.5 Å². The van der Waals surface area contributed by atoms with Crippen molar-refractivity contribution >= 4 is 17.6 Å². The average molecular weight is 383 g/mol. The van der Waals surface area contributed by atoms with E-state index < -0.39 is 0 Å². The number of halogens is 1. The number of aliphatic imine (C=N–C) groups is 1. The van der Waals surface area contributed by atoms with Crippen LogP contribution in [0.25, 0.3) is 11.5 Å². The van der Waals surface area contributed by atoms with Crippen molar-refractivity contribution in [2.75, 3.05) is 13.6 Å². The highest BCUT2D eigenvalue weighted by molar-refractivity contribution is 6.30. The molecule has 1 aromatic heterocycles. The zero-order valence-electron chi connectivity index (χ0n) is 15.5. The van der Waals surface area contributed by atoms with Crippen molar-refractivity contribution in [3.8, 4) is 11.5 Å². The van der Waals surface area contributed by atoms with Gasteiger partial charge in [-0.15, -0.1) is 0 Å². The molecule has 0 aliphatic rings. The number of nitrogens with one attached hydrogen (secondary N) is 2. The van der Waals surface area contributed by atoms with Crippen LogP contribution in [0, 0.1) is 6.92 Å². The van der Waals surface area contributed by atoms with Crippen LogP contribution in [0.15, 0.2) is 64.2 Å². The van der Waals surface area contributed by atoms with Crippen molar-refractivity contribution in [1.29, 1.82) is 0 Å². The Kier molecular flexibility index (Phi) is 6.49. The van der Waals surface area contributed by atoms with Crippen molar-refractivity contribution in [1.82, 2.24) is 15.6 Å². The quantitative estimate of drug-likeness (QED) is 0.495. The van der Waals surface area contributed by atoms with E-state index in [0.29, 0.717) is 19.0 Å². The Morgan fingerprint density at radius 1 is 1.07 bits per heavy atom. The standard InChI is InChI=1S/C21H23ClN4O/c1-15-3-7-17(8-4-15)20-26-19(14-27-20)11-12-24-21(23-2)25-13-16-5-9-18(22)10-6-16/h3-10,14H,11-13H2,1-2H3,(H2,23,24,25). The number of hydrogen-bond donors (Lipinski definition) is 2. The summed E-state index contributed by atoms with van der Waals surface area (Å²) in [6, 6.07) is 15.9. The van der Waals surface area contributed by atoms with Gasteiger partial charge in [-0.3, -0.25) is 4.99 Å². The molecule has 0 aliphatic heterocycles. The van der Waals surface area contributed by atoms with E-state index in [1.54, 1.807) is 13.3 Å². The Morgan fingerprint density at radius 2 is 1.81 bits per heavy atom. The first-order valence-corrected chi connectivity index (χ1v) is 9.22. The molecular weight excluding hydrogens is 360 g/mol. The molecule has 2 aromatic carbocycles. The van der Waals surface area contributed by atoms with Crippen molar-refractivity contribution in [2.45, 2.75) is 19.9 Å². The fraction of sp³-hybridized carbons (Fsp3) is 0.238. The summed E-state index contributed by atoms with van der Waals surface area (Å²) in [4.78, 5) is 8.79. The molecule has 0 spiro atoms. The molecule has 3 aromatic rings. The summed E-state index contributed by atoms with van der Waals surface area (Å²) in [6.07, 6.45) is 2.46. The van der Waals surface area contributed by atoms with Crippen molar-refractivity contribution in [3.63, 3.8) is 0 Å². The number of nitrogens with zero attached hydrogens (tertiary/aromatic N) is 2. The minimum Gasteiger partial charge on any atom is -0.444 e. The molecule has 0 saturated carbocycles. The van der Waals surface area contributed by atoms with Gasteiger partial charge in [0.05, 0.1) is 5.69 Å². The lowest BCUT2D eigenvalue weighted by atomic mass is 10.1. The summed E-state index contributed by atoms with van der Waals surface area (Å²) < 4.78 is 5.59. The molecule has 0 radical (unpaired) electrons. The molecule has 0 atom stereocenters. The third-order valence-electron chi connectivity index (χ3n) is 4.12. The van der Waals surface area contributed by atoms with Crippen molar-refractivity contribution in [2.24, 2.45) is 4.99 Å². The van der Waals surface area contributed by atoms with Gasteiger partial charge in [-0.2, -0.15) is 0 Å². The van der Waals surface area contributed by atoms with Gasteiger partial charge in [-0.05, 0) is 36.8 Å². The second-order valence-electron chi connectivity index (χ2n) is 6.24. The first-order chi connectivity index (χ1) is 13.1. The van der Waals surface area contributed by atoms with E-state index in [1.807, 2.05) is 36.4 Å². The molecule has 0 saturated heterocycles. The molecule has 3 rings (SSSR count). The van der Waals surface area contributed by atoms with E-state index in [9.17, 15) is 0 Å². The number of aromatic nitrogens is 1. The lowest BCUT2D eigenvalue weighted by molar-refractivity contribution is 0.572. The van der Waals surface area contributed by atoms with Crippen LogP contribution in [0.1, 0.15) is 16.8 Å². The third-order valence-corrected chi connectivity index (χ3v) is 4.37. The first-order valence-electron chi connectivity index (χ1n) is 8.84. The lowest BCUT2D eigenvalue weighted by Gasteiger charge is -2.11. The van der Waals surface area contributed by atoms with Crippen molar-refractivity contribution < 1.29 is 4.42 Å². The van der Waals surface area contributed by atoms with Crippen LogP contribution in [-0.2, 0) is 13.0 Å². The third kappa shape index (κ3) is 5.59. The predicted molar refractivity (Wildman–Crippen MR) is 110 cm³/mol. The van der Waals surface area contributed by atoms with Crippen LogP contribution in [0.4, 0.5) is 0 Å². The van der Waals surface area contributed by atoms with Gasteiger partial charge in [0, 0.05) is 37.1 Å². The van der Waals surface area contributed by atoms with Crippen molar-refractivity contribution in [3.05, 3.63) is 76.6 Å². The topological polar surface area (TPSA) is 62.5 Å².